The molecule has 0 amide bonds. The fourth-order valence-electron chi connectivity index (χ4n) is 1.55. The maximum Gasteiger partial charge on any atom is 0.0496 e. The minimum absolute atomic E-state index is 0.0109. The van der Waals surface area contributed by atoms with Crippen LogP contribution in [0, 0.1) is 5.41 Å². The van der Waals surface area contributed by atoms with E-state index in [0.29, 0.717) is 6.04 Å². The Hall–Kier alpha value is -0.860. The lowest BCUT2D eigenvalue weighted by Crippen LogP contribution is -2.35. The van der Waals surface area contributed by atoms with Gasteiger partial charge in [0.25, 0.3) is 0 Å². The van der Waals surface area contributed by atoms with Crippen molar-refractivity contribution in [1.29, 1.82) is 0 Å². The highest BCUT2D eigenvalue weighted by Gasteiger charge is 2.21. The van der Waals surface area contributed by atoms with Gasteiger partial charge in [-0.1, -0.05) is 44.2 Å². The molecule has 2 unspecified atom stereocenters. The largest absolute Gasteiger partial charge is 0.396 e. The Morgan fingerprint density at radius 2 is 1.94 bits per heavy atom. The predicted molar refractivity (Wildman–Crippen MR) is 68.3 cm³/mol. The average Bonchev–Trinajstić information content (AvgIpc) is 2.36. The highest BCUT2D eigenvalue weighted by atomic mass is 16.3. The van der Waals surface area contributed by atoms with Crippen molar-refractivity contribution < 1.29 is 5.11 Å². The van der Waals surface area contributed by atoms with E-state index in [9.17, 15) is 5.11 Å². The van der Waals surface area contributed by atoms with E-state index in [-0.39, 0.29) is 12.0 Å². The molecule has 1 aromatic carbocycles. The van der Waals surface area contributed by atoms with Gasteiger partial charge in [0.15, 0.2) is 0 Å². The molecule has 0 aliphatic heterocycles. The van der Waals surface area contributed by atoms with Crippen LogP contribution in [0.3, 0.4) is 0 Å². The van der Waals surface area contributed by atoms with E-state index in [4.69, 9.17) is 0 Å². The van der Waals surface area contributed by atoms with Crippen molar-refractivity contribution >= 4 is 0 Å². The molecule has 0 saturated heterocycles. The first-order valence-corrected chi connectivity index (χ1v) is 6.00. The lowest BCUT2D eigenvalue weighted by atomic mass is 9.88. The monoisotopic (exact) mass is 221 g/mol. The standard InChI is InChI=1S/C14H23NO/c1-4-14(3,11-16)10-15-12(2)13-8-6-5-7-9-13/h5-9,12,15-16H,4,10-11H2,1-3H3. The molecule has 2 nitrogen and oxygen atoms in total. The Morgan fingerprint density at radius 1 is 1.31 bits per heavy atom. The second-order valence-corrected chi connectivity index (χ2v) is 4.84. The molecule has 0 saturated carbocycles. The van der Waals surface area contributed by atoms with Gasteiger partial charge in [-0.15, -0.1) is 0 Å². The van der Waals surface area contributed by atoms with Gasteiger partial charge < -0.3 is 10.4 Å². The zero-order valence-corrected chi connectivity index (χ0v) is 10.5. The fourth-order valence-corrected chi connectivity index (χ4v) is 1.55. The second-order valence-electron chi connectivity index (χ2n) is 4.84. The zero-order chi connectivity index (χ0) is 12.0. The number of aliphatic hydroxyl groups excluding tert-OH is 1. The van der Waals surface area contributed by atoms with Crippen LogP contribution in [0.25, 0.3) is 0 Å². The Balaban J connectivity index is 2.50. The van der Waals surface area contributed by atoms with E-state index in [1.165, 1.54) is 5.56 Å². The van der Waals surface area contributed by atoms with Crippen LogP contribution in [0.5, 0.6) is 0 Å². The summed E-state index contributed by atoms with van der Waals surface area (Å²) in [6.07, 6.45) is 0.984. The van der Waals surface area contributed by atoms with Crippen molar-refractivity contribution in [3.05, 3.63) is 35.9 Å². The van der Waals surface area contributed by atoms with Gasteiger partial charge in [-0.25, -0.2) is 0 Å². The lowest BCUT2D eigenvalue weighted by molar-refractivity contribution is 0.132. The summed E-state index contributed by atoms with van der Waals surface area (Å²) in [5.74, 6) is 0. The van der Waals surface area contributed by atoms with Crippen LogP contribution in [-0.4, -0.2) is 18.3 Å². The number of hydrogen-bond donors (Lipinski definition) is 2. The van der Waals surface area contributed by atoms with Crippen LogP contribution in [0.2, 0.25) is 0 Å². The molecule has 0 spiro atoms. The molecule has 0 fully saturated rings. The van der Waals surface area contributed by atoms with Crippen molar-refractivity contribution in [3.63, 3.8) is 0 Å². The van der Waals surface area contributed by atoms with Gasteiger partial charge in [0.1, 0.15) is 0 Å². The molecule has 1 rings (SSSR count). The smallest absolute Gasteiger partial charge is 0.0496 e. The maximum absolute atomic E-state index is 9.33. The van der Waals surface area contributed by atoms with E-state index < -0.39 is 0 Å². The number of hydrogen-bond acceptors (Lipinski definition) is 2. The van der Waals surface area contributed by atoms with Crippen LogP contribution in [-0.2, 0) is 0 Å². The summed E-state index contributed by atoms with van der Waals surface area (Å²) in [5.41, 5.74) is 1.28. The first-order valence-electron chi connectivity index (χ1n) is 6.00. The molecule has 0 bridgehead atoms. The molecule has 0 radical (unpaired) electrons. The van der Waals surface area contributed by atoms with Gasteiger partial charge in [-0.3, -0.25) is 0 Å². The average molecular weight is 221 g/mol. The molecule has 0 aliphatic carbocycles. The van der Waals surface area contributed by atoms with Gasteiger partial charge >= 0.3 is 0 Å². The van der Waals surface area contributed by atoms with Gasteiger partial charge in [-0.05, 0) is 18.9 Å². The first kappa shape index (κ1) is 13.2. The van der Waals surface area contributed by atoms with Crippen molar-refractivity contribution in [1.82, 2.24) is 5.32 Å². The summed E-state index contributed by atoms with van der Waals surface area (Å²) in [4.78, 5) is 0. The molecule has 90 valence electrons. The number of nitrogens with one attached hydrogen (secondary N) is 1. The Labute approximate surface area is 98.7 Å². The Bertz CT molecular complexity index is 293. The van der Waals surface area contributed by atoms with E-state index in [1.807, 2.05) is 6.07 Å². The summed E-state index contributed by atoms with van der Waals surface area (Å²) in [6.45, 7) is 7.46. The van der Waals surface area contributed by atoms with Gasteiger partial charge in [0.05, 0.1) is 0 Å². The molecule has 16 heavy (non-hydrogen) atoms. The van der Waals surface area contributed by atoms with E-state index in [2.05, 4.69) is 50.4 Å². The van der Waals surface area contributed by atoms with Crippen molar-refractivity contribution in [2.45, 2.75) is 33.2 Å². The summed E-state index contributed by atoms with van der Waals surface area (Å²) in [7, 11) is 0. The highest BCUT2D eigenvalue weighted by Crippen LogP contribution is 2.20. The summed E-state index contributed by atoms with van der Waals surface area (Å²) in [6, 6.07) is 10.7. The van der Waals surface area contributed by atoms with Gasteiger partial charge in [0, 0.05) is 24.6 Å². The third-order valence-electron chi connectivity index (χ3n) is 3.37. The first-order chi connectivity index (χ1) is 7.61. The second kappa shape index (κ2) is 6.02. The molecule has 0 aliphatic rings. The lowest BCUT2D eigenvalue weighted by Gasteiger charge is -2.28. The van der Waals surface area contributed by atoms with Crippen molar-refractivity contribution in [2.75, 3.05) is 13.2 Å². The van der Waals surface area contributed by atoms with Crippen LogP contribution >= 0.6 is 0 Å². The SMILES string of the molecule is CCC(C)(CO)CNC(C)c1ccccc1. The highest BCUT2D eigenvalue weighted by molar-refractivity contribution is 5.18. The predicted octanol–water partition coefficient (Wildman–Crippen LogP) is 2.75. The fraction of sp³-hybridized carbons (Fsp3) is 0.571. The van der Waals surface area contributed by atoms with Crippen molar-refractivity contribution in [2.24, 2.45) is 5.41 Å². The minimum atomic E-state index is -0.0109. The Morgan fingerprint density at radius 3 is 2.44 bits per heavy atom. The Kier molecular flexibility index (Phi) is 4.97. The number of rotatable bonds is 6. The van der Waals surface area contributed by atoms with Crippen molar-refractivity contribution in [3.8, 4) is 0 Å². The van der Waals surface area contributed by atoms with E-state index in [1.54, 1.807) is 0 Å². The van der Waals surface area contributed by atoms with Gasteiger partial charge in [-0.2, -0.15) is 0 Å². The molecule has 0 aromatic heterocycles. The zero-order valence-electron chi connectivity index (χ0n) is 10.5. The van der Waals surface area contributed by atoms with Crippen LogP contribution in [0.4, 0.5) is 0 Å². The third-order valence-corrected chi connectivity index (χ3v) is 3.37. The number of aliphatic hydroxyl groups is 1. The molecule has 2 atom stereocenters. The van der Waals surface area contributed by atoms with Gasteiger partial charge in [0.2, 0.25) is 0 Å². The summed E-state index contributed by atoms with van der Waals surface area (Å²) < 4.78 is 0. The summed E-state index contributed by atoms with van der Waals surface area (Å²) in [5, 5.41) is 12.8. The molecule has 0 heterocycles. The topological polar surface area (TPSA) is 32.3 Å². The van der Waals surface area contributed by atoms with Crippen LogP contribution in [0.1, 0.15) is 38.8 Å². The van der Waals surface area contributed by atoms with E-state index in [0.717, 1.165) is 13.0 Å². The molecule has 1 aromatic rings. The third kappa shape index (κ3) is 3.62. The quantitative estimate of drug-likeness (QED) is 0.774. The summed E-state index contributed by atoms with van der Waals surface area (Å²) >= 11 is 0. The molecule has 2 heteroatoms. The van der Waals surface area contributed by atoms with Crippen LogP contribution in [0.15, 0.2) is 30.3 Å². The number of benzene rings is 1. The molecule has 2 N–H and O–H groups in total. The van der Waals surface area contributed by atoms with E-state index >= 15 is 0 Å². The molecular formula is C14H23NO. The van der Waals surface area contributed by atoms with Crippen LogP contribution < -0.4 is 5.32 Å². The molecular weight excluding hydrogens is 198 g/mol. The normalized spacial score (nSPS) is 16.8. The maximum atomic E-state index is 9.33. The minimum Gasteiger partial charge on any atom is -0.396 e.